The summed E-state index contributed by atoms with van der Waals surface area (Å²) in [6.45, 7) is 2.11. The number of carbonyl (C=O) groups excluding carboxylic acids is 1. The minimum atomic E-state index is -0.367. The van der Waals surface area contributed by atoms with Gasteiger partial charge >= 0.3 is 5.97 Å². The fraction of sp³-hybridized carbons (Fsp3) is 0.214. The summed E-state index contributed by atoms with van der Waals surface area (Å²) in [5.41, 5.74) is 1.70. The van der Waals surface area contributed by atoms with Crippen LogP contribution >= 0.6 is 0 Å². The van der Waals surface area contributed by atoms with Crippen molar-refractivity contribution in [1.29, 1.82) is 0 Å². The highest BCUT2D eigenvalue weighted by Crippen LogP contribution is 2.20. The first-order valence-electron chi connectivity index (χ1n) is 5.88. The van der Waals surface area contributed by atoms with E-state index in [1.165, 1.54) is 0 Å². The predicted molar refractivity (Wildman–Crippen MR) is 70.0 cm³/mol. The van der Waals surface area contributed by atoms with Crippen LogP contribution in [0.25, 0.3) is 11.4 Å². The largest absolute Gasteiger partial charge is 0.497 e. The zero-order valence-corrected chi connectivity index (χ0v) is 10.8. The molecule has 19 heavy (non-hydrogen) atoms. The van der Waals surface area contributed by atoms with Gasteiger partial charge < -0.3 is 9.47 Å². The Labute approximate surface area is 111 Å². The van der Waals surface area contributed by atoms with Crippen LogP contribution in [-0.4, -0.2) is 29.7 Å². The fourth-order valence-electron chi connectivity index (χ4n) is 1.59. The minimum absolute atomic E-state index is 0.341. The van der Waals surface area contributed by atoms with E-state index >= 15 is 0 Å². The fourth-order valence-corrected chi connectivity index (χ4v) is 1.59. The molecule has 0 aromatic carbocycles. The van der Waals surface area contributed by atoms with E-state index in [1.54, 1.807) is 50.7 Å². The Morgan fingerprint density at radius 2 is 1.84 bits per heavy atom. The number of hydrogen-bond donors (Lipinski definition) is 0. The van der Waals surface area contributed by atoms with Crippen molar-refractivity contribution >= 4 is 5.97 Å². The lowest BCUT2D eigenvalue weighted by molar-refractivity contribution is 0.0526. The molecule has 98 valence electrons. The molecule has 2 aromatic rings. The highest BCUT2D eigenvalue weighted by molar-refractivity contribution is 5.90. The number of rotatable bonds is 4. The normalized spacial score (nSPS) is 10.0. The van der Waals surface area contributed by atoms with Crippen LogP contribution in [0.1, 0.15) is 17.3 Å². The van der Waals surface area contributed by atoms with Crippen LogP contribution in [0.4, 0.5) is 0 Å². The summed E-state index contributed by atoms with van der Waals surface area (Å²) in [5.74, 6) is 0.322. The van der Waals surface area contributed by atoms with Crippen LogP contribution in [0, 0.1) is 0 Å². The van der Waals surface area contributed by atoms with Gasteiger partial charge in [0.1, 0.15) is 5.75 Å². The molecule has 5 nitrogen and oxygen atoms in total. The van der Waals surface area contributed by atoms with Crippen molar-refractivity contribution < 1.29 is 14.3 Å². The Balaban J connectivity index is 2.34. The highest BCUT2D eigenvalue weighted by atomic mass is 16.5. The predicted octanol–water partition coefficient (Wildman–Crippen LogP) is 2.33. The molecule has 0 saturated heterocycles. The third-order valence-electron chi connectivity index (χ3n) is 2.50. The number of methoxy groups -OCH3 is 1. The van der Waals surface area contributed by atoms with Gasteiger partial charge in [0.15, 0.2) is 0 Å². The maximum atomic E-state index is 11.7. The molecule has 0 radical (unpaired) electrons. The number of hydrogen-bond acceptors (Lipinski definition) is 5. The SMILES string of the molecule is CCOC(=O)c1ccnc(-c2cc(OC)ccn2)c1. The monoisotopic (exact) mass is 258 g/mol. The Bertz CT molecular complexity index is 584. The molecule has 0 spiro atoms. The maximum Gasteiger partial charge on any atom is 0.338 e. The van der Waals surface area contributed by atoms with Crippen molar-refractivity contribution in [2.75, 3.05) is 13.7 Å². The standard InChI is InChI=1S/C14H14N2O3/c1-3-19-14(17)10-4-6-15-12(8-10)13-9-11(18-2)5-7-16-13/h4-9H,3H2,1-2H3. The van der Waals surface area contributed by atoms with Crippen LogP contribution in [0.2, 0.25) is 0 Å². The molecular formula is C14H14N2O3. The molecule has 0 atom stereocenters. The molecule has 0 aliphatic heterocycles. The zero-order chi connectivity index (χ0) is 13.7. The van der Waals surface area contributed by atoms with Gasteiger partial charge in [0.05, 0.1) is 30.7 Å². The molecule has 2 rings (SSSR count). The smallest absolute Gasteiger partial charge is 0.338 e. The van der Waals surface area contributed by atoms with Gasteiger partial charge in [-0.1, -0.05) is 0 Å². The summed E-state index contributed by atoms with van der Waals surface area (Å²) < 4.78 is 10.1. The lowest BCUT2D eigenvalue weighted by atomic mass is 10.2. The molecule has 5 heteroatoms. The van der Waals surface area contributed by atoms with Crippen molar-refractivity contribution in [3.63, 3.8) is 0 Å². The molecule has 0 saturated carbocycles. The number of nitrogens with zero attached hydrogens (tertiary/aromatic N) is 2. The van der Waals surface area contributed by atoms with E-state index in [9.17, 15) is 4.79 Å². The van der Waals surface area contributed by atoms with E-state index in [4.69, 9.17) is 9.47 Å². The summed E-state index contributed by atoms with van der Waals surface area (Å²) >= 11 is 0. The Hall–Kier alpha value is -2.43. The lowest BCUT2D eigenvalue weighted by Crippen LogP contribution is -2.05. The lowest BCUT2D eigenvalue weighted by Gasteiger charge is -2.05. The third kappa shape index (κ3) is 3.07. The van der Waals surface area contributed by atoms with Crippen LogP contribution in [0.5, 0.6) is 5.75 Å². The molecule has 2 heterocycles. The number of ether oxygens (including phenoxy) is 2. The Morgan fingerprint density at radius 3 is 2.53 bits per heavy atom. The van der Waals surface area contributed by atoms with Crippen molar-refractivity contribution in [2.45, 2.75) is 6.92 Å². The van der Waals surface area contributed by atoms with Gasteiger partial charge in [0.25, 0.3) is 0 Å². The third-order valence-corrected chi connectivity index (χ3v) is 2.50. The van der Waals surface area contributed by atoms with Crippen molar-refractivity contribution in [2.24, 2.45) is 0 Å². The van der Waals surface area contributed by atoms with Gasteiger partial charge in [0.2, 0.25) is 0 Å². The first kappa shape index (κ1) is 13.0. The molecule has 2 aromatic heterocycles. The quantitative estimate of drug-likeness (QED) is 0.788. The second kappa shape index (κ2) is 5.95. The van der Waals surface area contributed by atoms with Crippen LogP contribution in [0.15, 0.2) is 36.7 Å². The topological polar surface area (TPSA) is 61.3 Å². The van der Waals surface area contributed by atoms with E-state index in [0.29, 0.717) is 29.3 Å². The van der Waals surface area contributed by atoms with E-state index < -0.39 is 0 Å². The number of carbonyl (C=O) groups is 1. The molecule has 0 bridgehead atoms. The Morgan fingerprint density at radius 1 is 1.16 bits per heavy atom. The van der Waals surface area contributed by atoms with Gasteiger partial charge in [-0.15, -0.1) is 0 Å². The van der Waals surface area contributed by atoms with Crippen LogP contribution in [0.3, 0.4) is 0 Å². The van der Waals surface area contributed by atoms with Crippen molar-refractivity contribution in [1.82, 2.24) is 9.97 Å². The first-order chi connectivity index (χ1) is 9.24. The summed E-state index contributed by atoms with van der Waals surface area (Å²) in [6.07, 6.45) is 3.19. The average Bonchev–Trinajstić information content (AvgIpc) is 2.48. The maximum absolute atomic E-state index is 11.7. The molecule has 0 amide bonds. The van der Waals surface area contributed by atoms with Gasteiger partial charge in [-0.05, 0) is 25.1 Å². The summed E-state index contributed by atoms with van der Waals surface area (Å²) in [4.78, 5) is 20.1. The number of esters is 1. The van der Waals surface area contributed by atoms with Gasteiger partial charge in [0, 0.05) is 18.5 Å². The molecule has 0 aliphatic rings. The summed E-state index contributed by atoms with van der Waals surface area (Å²) in [6, 6.07) is 6.78. The second-order valence-corrected chi connectivity index (χ2v) is 3.73. The van der Waals surface area contributed by atoms with Gasteiger partial charge in [-0.2, -0.15) is 0 Å². The highest BCUT2D eigenvalue weighted by Gasteiger charge is 2.09. The Kier molecular flexibility index (Phi) is 4.07. The molecule has 0 fully saturated rings. The first-order valence-corrected chi connectivity index (χ1v) is 5.88. The number of aromatic nitrogens is 2. The molecule has 0 N–H and O–H groups in total. The minimum Gasteiger partial charge on any atom is -0.497 e. The van der Waals surface area contributed by atoms with Gasteiger partial charge in [-0.3, -0.25) is 9.97 Å². The molecular weight excluding hydrogens is 244 g/mol. The van der Waals surface area contributed by atoms with E-state index in [-0.39, 0.29) is 5.97 Å². The average molecular weight is 258 g/mol. The van der Waals surface area contributed by atoms with E-state index in [2.05, 4.69) is 9.97 Å². The van der Waals surface area contributed by atoms with Crippen molar-refractivity contribution in [3.05, 3.63) is 42.2 Å². The van der Waals surface area contributed by atoms with Crippen molar-refractivity contribution in [3.8, 4) is 17.1 Å². The van der Waals surface area contributed by atoms with Gasteiger partial charge in [-0.25, -0.2) is 4.79 Å². The molecule has 0 aliphatic carbocycles. The summed E-state index contributed by atoms with van der Waals surface area (Å²) in [7, 11) is 1.58. The summed E-state index contributed by atoms with van der Waals surface area (Å²) in [5, 5.41) is 0. The second-order valence-electron chi connectivity index (χ2n) is 3.73. The van der Waals surface area contributed by atoms with Crippen LogP contribution < -0.4 is 4.74 Å². The molecule has 0 unspecified atom stereocenters. The van der Waals surface area contributed by atoms with E-state index in [0.717, 1.165) is 0 Å². The number of pyridine rings is 2. The van der Waals surface area contributed by atoms with Crippen LogP contribution in [-0.2, 0) is 4.74 Å². The van der Waals surface area contributed by atoms with E-state index in [1.807, 2.05) is 0 Å². The zero-order valence-electron chi connectivity index (χ0n) is 10.8.